The second-order valence-corrected chi connectivity index (χ2v) is 4.27. The SMILES string of the molecule is CCCC(N)c1ncc(-c2ccc(C#N)cc2)[nH]1. The summed E-state index contributed by atoms with van der Waals surface area (Å²) >= 11 is 0. The smallest absolute Gasteiger partial charge is 0.123 e. The first-order chi connectivity index (χ1) is 8.74. The molecule has 1 unspecified atom stereocenters. The lowest BCUT2D eigenvalue weighted by Crippen LogP contribution is -2.11. The number of imidazole rings is 1. The van der Waals surface area contributed by atoms with Crippen LogP contribution in [0.25, 0.3) is 11.3 Å². The van der Waals surface area contributed by atoms with Crippen LogP contribution in [0.2, 0.25) is 0 Å². The van der Waals surface area contributed by atoms with Gasteiger partial charge in [-0.2, -0.15) is 5.26 Å². The predicted molar refractivity (Wildman–Crippen MR) is 70.6 cm³/mol. The number of aromatic nitrogens is 2. The molecule has 4 nitrogen and oxygen atoms in total. The monoisotopic (exact) mass is 240 g/mol. The average Bonchev–Trinajstić information content (AvgIpc) is 2.89. The van der Waals surface area contributed by atoms with Gasteiger partial charge in [-0.15, -0.1) is 0 Å². The van der Waals surface area contributed by atoms with Crippen LogP contribution in [0.4, 0.5) is 0 Å². The number of nitrogens with two attached hydrogens (primary N) is 1. The first kappa shape index (κ1) is 12.3. The van der Waals surface area contributed by atoms with E-state index in [1.54, 1.807) is 18.3 Å². The van der Waals surface area contributed by atoms with Gasteiger partial charge < -0.3 is 10.7 Å². The Balaban J connectivity index is 2.21. The number of nitrogens with one attached hydrogen (secondary N) is 1. The Bertz CT molecular complexity index is 548. The van der Waals surface area contributed by atoms with Gasteiger partial charge in [0.15, 0.2) is 0 Å². The summed E-state index contributed by atoms with van der Waals surface area (Å²) in [6, 6.07) is 9.46. The molecule has 0 bridgehead atoms. The molecular formula is C14H16N4. The highest BCUT2D eigenvalue weighted by atomic mass is 15.0. The highest BCUT2D eigenvalue weighted by molar-refractivity contribution is 5.59. The van der Waals surface area contributed by atoms with E-state index < -0.39 is 0 Å². The number of rotatable bonds is 4. The van der Waals surface area contributed by atoms with E-state index in [4.69, 9.17) is 11.0 Å². The van der Waals surface area contributed by atoms with E-state index in [-0.39, 0.29) is 6.04 Å². The van der Waals surface area contributed by atoms with E-state index in [9.17, 15) is 0 Å². The Morgan fingerprint density at radius 1 is 1.39 bits per heavy atom. The molecule has 1 atom stereocenters. The Hall–Kier alpha value is -2.12. The molecule has 92 valence electrons. The number of hydrogen-bond donors (Lipinski definition) is 2. The van der Waals surface area contributed by atoms with Crippen molar-refractivity contribution in [1.82, 2.24) is 9.97 Å². The van der Waals surface area contributed by atoms with E-state index in [1.165, 1.54) is 0 Å². The van der Waals surface area contributed by atoms with Crippen LogP contribution in [0.3, 0.4) is 0 Å². The summed E-state index contributed by atoms with van der Waals surface area (Å²) in [5, 5.41) is 8.75. The molecule has 0 radical (unpaired) electrons. The minimum Gasteiger partial charge on any atom is -0.341 e. The fraction of sp³-hybridized carbons (Fsp3) is 0.286. The third-order valence-corrected chi connectivity index (χ3v) is 2.87. The van der Waals surface area contributed by atoms with Crippen LogP contribution in [0, 0.1) is 11.3 Å². The van der Waals surface area contributed by atoms with E-state index >= 15 is 0 Å². The number of hydrogen-bond acceptors (Lipinski definition) is 3. The molecule has 2 rings (SSSR count). The largest absolute Gasteiger partial charge is 0.341 e. The third-order valence-electron chi connectivity index (χ3n) is 2.87. The topological polar surface area (TPSA) is 78.5 Å². The quantitative estimate of drug-likeness (QED) is 0.862. The van der Waals surface area contributed by atoms with Gasteiger partial charge in [-0.25, -0.2) is 4.98 Å². The number of benzene rings is 1. The molecule has 0 aliphatic carbocycles. The standard InChI is InChI=1S/C14H16N4/c1-2-3-12(16)14-17-9-13(18-14)11-6-4-10(8-15)5-7-11/h4-7,9,12H,2-3,16H2,1H3,(H,17,18). The lowest BCUT2D eigenvalue weighted by Gasteiger charge is -2.05. The number of aromatic amines is 1. The molecule has 18 heavy (non-hydrogen) atoms. The second-order valence-electron chi connectivity index (χ2n) is 4.27. The van der Waals surface area contributed by atoms with Crippen molar-refractivity contribution in [1.29, 1.82) is 5.26 Å². The first-order valence-corrected chi connectivity index (χ1v) is 6.05. The lowest BCUT2D eigenvalue weighted by atomic mass is 10.1. The molecular weight excluding hydrogens is 224 g/mol. The van der Waals surface area contributed by atoms with E-state index in [0.29, 0.717) is 5.56 Å². The summed E-state index contributed by atoms with van der Waals surface area (Å²) in [6.45, 7) is 2.10. The van der Waals surface area contributed by atoms with Gasteiger partial charge >= 0.3 is 0 Å². The van der Waals surface area contributed by atoms with Crippen LogP contribution < -0.4 is 5.73 Å². The van der Waals surface area contributed by atoms with Crippen molar-refractivity contribution in [2.75, 3.05) is 0 Å². The maximum atomic E-state index is 8.75. The zero-order valence-electron chi connectivity index (χ0n) is 10.4. The summed E-state index contributed by atoms with van der Waals surface area (Å²) in [5.74, 6) is 0.816. The van der Waals surface area contributed by atoms with Gasteiger partial charge in [-0.1, -0.05) is 25.5 Å². The van der Waals surface area contributed by atoms with E-state index in [0.717, 1.165) is 29.9 Å². The molecule has 0 saturated heterocycles. The molecule has 1 aromatic heterocycles. The van der Waals surface area contributed by atoms with Gasteiger partial charge in [0.05, 0.1) is 29.6 Å². The lowest BCUT2D eigenvalue weighted by molar-refractivity contribution is 0.609. The molecule has 0 fully saturated rings. The van der Waals surface area contributed by atoms with E-state index in [2.05, 4.69) is 23.0 Å². The summed E-state index contributed by atoms with van der Waals surface area (Å²) in [7, 11) is 0. The van der Waals surface area contributed by atoms with Gasteiger partial charge in [-0.05, 0) is 24.1 Å². The second kappa shape index (κ2) is 5.48. The van der Waals surface area contributed by atoms with Crippen molar-refractivity contribution in [3.63, 3.8) is 0 Å². The number of nitrogens with zero attached hydrogens (tertiary/aromatic N) is 2. The van der Waals surface area contributed by atoms with Crippen molar-refractivity contribution in [2.24, 2.45) is 5.73 Å². The van der Waals surface area contributed by atoms with Gasteiger partial charge in [0.1, 0.15) is 5.82 Å². The van der Waals surface area contributed by atoms with Crippen molar-refractivity contribution < 1.29 is 0 Å². The maximum absolute atomic E-state index is 8.75. The summed E-state index contributed by atoms with van der Waals surface area (Å²) in [4.78, 5) is 7.54. The fourth-order valence-corrected chi connectivity index (χ4v) is 1.84. The summed E-state index contributed by atoms with van der Waals surface area (Å²) < 4.78 is 0. The summed E-state index contributed by atoms with van der Waals surface area (Å²) in [6.07, 6.45) is 3.74. The zero-order chi connectivity index (χ0) is 13.0. The Labute approximate surface area is 106 Å². The molecule has 1 heterocycles. The molecule has 0 aliphatic rings. The highest BCUT2D eigenvalue weighted by Gasteiger charge is 2.09. The fourth-order valence-electron chi connectivity index (χ4n) is 1.84. The Morgan fingerprint density at radius 2 is 2.11 bits per heavy atom. The van der Waals surface area contributed by atoms with Crippen molar-refractivity contribution >= 4 is 0 Å². The molecule has 1 aromatic carbocycles. The Kier molecular flexibility index (Phi) is 3.75. The molecule has 0 saturated carbocycles. The van der Waals surface area contributed by atoms with Gasteiger partial charge in [0.2, 0.25) is 0 Å². The molecule has 3 N–H and O–H groups in total. The zero-order valence-corrected chi connectivity index (χ0v) is 10.4. The van der Waals surface area contributed by atoms with Crippen LogP contribution in [0.5, 0.6) is 0 Å². The highest BCUT2D eigenvalue weighted by Crippen LogP contribution is 2.20. The van der Waals surface area contributed by atoms with Gasteiger partial charge in [0.25, 0.3) is 0 Å². The van der Waals surface area contributed by atoms with Crippen LogP contribution in [0.15, 0.2) is 30.5 Å². The minimum atomic E-state index is -0.0397. The van der Waals surface area contributed by atoms with Crippen molar-refractivity contribution in [3.8, 4) is 17.3 Å². The predicted octanol–water partition coefficient (Wildman–Crippen LogP) is 2.75. The number of H-pyrrole nitrogens is 1. The Morgan fingerprint density at radius 3 is 2.72 bits per heavy atom. The van der Waals surface area contributed by atoms with Gasteiger partial charge in [0, 0.05) is 0 Å². The molecule has 2 aromatic rings. The van der Waals surface area contributed by atoms with Crippen molar-refractivity contribution in [2.45, 2.75) is 25.8 Å². The molecule has 4 heteroatoms. The van der Waals surface area contributed by atoms with Crippen LogP contribution >= 0.6 is 0 Å². The first-order valence-electron chi connectivity index (χ1n) is 6.05. The average molecular weight is 240 g/mol. The van der Waals surface area contributed by atoms with Crippen LogP contribution in [-0.2, 0) is 0 Å². The minimum absolute atomic E-state index is 0.0397. The number of nitriles is 1. The van der Waals surface area contributed by atoms with Crippen LogP contribution in [-0.4, -0.2) is 9.97 Å². The maximum Gasteiger partial charge on any atom is 0.123 e. The van der Waals surface area contributed by atoms with Crippen LogP contribution in [0.1, 0.15) is 37.2 Å². The normalized spacial score (nSPS) is 12.1. The summed E-state index contributed by atoms with van der Waals surface area (Å²) in [5.41, 5.74) is 8.60. The molecule has 0 spiro atoms. The molecule has 0 amide bonds. The van der Waals surface area contributed by atoms with E-state index in [1.807, 2.05) is 12.1 Å². The molecule has 0 aliphatic heterocycles. The third kappa shape index (κ3) is 2.58. The van der Waals surface area contributed by atoms with Crippen molar-refractivity contribution in [3.05, 3.63) is 41.9 Å². The van der Waals surface area contributed by atoms with Gasteiger partial charge in [-0.3, -0.25) is 0 Å².